The fourth-order valence-corrected chi connectivity index (χ4v) is 6.19. The molecule has 1 fully saturated rings. The first-order valence-corrected chi connectivity index (χ1v) is 15.9. The molecule has 1 aliphatic rings. The van der Waals surface area contributed by atoms with Crippen LogP contribution in [0.15, 0.2) is 134 Å². The summed E-state index contributed by atoms with van der Waals surface area (Å²) in [4.78, 5) is 42.2. The molecule has 3 heterocycles. The maximum absolute atomic E-state index is 13.8. The summed E-state index contributed by atoms with van der Waals surface area (Å²) in [6.45, 7) is 0.857. The number of rotatable bonds is 11. The first-order valence-electron chi connectivity index (χ1n) is 15.9. The van der Waals surface area contributed by atoms with Crippen molar-refractivity contribution in [1.29, 1.82) is 0 Å². The smallest absolute Gasteiger partial charge is 0.338 e. The highest BCUT2D eigenvalue weighted by molar-refractivity contribution is 5.90. The number of nitrogen functional groups attached to an aromatic ring is 1. The number of imidazole rings is 1. The van der Waals surface area contributed by atoms with Gasteiger partial charge in [0.1, 0.15) is 24.6 Å². The van der Waals surface area contributed by atoms with Crippen LogP contribution < -0.4 is 5.73 Å². The molecule has 4 atom stereocenters. The summed E-state index contributed by atoms with van der Waals surface area (Å²) >= 11 is 0. The first kappa shape index (κ1) is 31.7. The Bertz CT molecular complexity index is 1970. The van der Waals surface area contributed by atoms with Crippen LogP contribution in [-0.2, 0) is 27.3 Å². The molecule has 6 aromatic rings. The van der Waals surface area contributed by atoms with Gasteiger partial charge >= 0.3 is 11.9 Å². The van der Waals surface area contributed by atoms with Crippen molar-refractivity contribution in [1.82, 2.24) is 24.4 Å². The van der Waals surface area contributed by atoms with Gasteiger partial charge < -0.3 is 19.9 Å². The molecule has 2 aromatic heterocycles. The second-order valence-electron chi connectivity index (χ2n) is 11.7. The normalized spacial score (nSPS) is 18.8. The van der Waals surface area contributed by atoms with Crippen LogP contribution in [0.4, 0.5) is 5.82 Å². The molecule has 0 bridgehead atoms. The van der Waals surface area contributed by atoms with E-state index in [4.69, 9.17) is 19.9 Å². The SMILES string of the molecule is Nc1ncnc2c1ncn2[C@@H]1O[C@H](COC(=O)c2ccccc2)C(N(Cc2ccccc2)Cc2ccccc2)C1OC(=O)c1ccccc1. The average molecular weight is 655 g/mol. The van der Waals surface area contributed by atoms with E-state index in [0.29, 0.717) is 35.4 Å². The average Bonchev–Trinajstić information content (AvgIpc) is 3.74. The van der Waals surface area contributed by atoms with E-state index in [0.717, 1.165) is 11.1 Å². The molecule has 1 aliphatic heterocycles. The fourth-order valence-electron chi connectivity index (χ4n) is 6.19. The maximum atomic E-state index is 13.8. The molecule has 1 saturated heterocycles. The highest BCUT2D eigenvalue weighted by atomic mass is 16.6. The number of anilines is 1. The van der Waals surface area contributed by atoms with Gasteiger partial charge in [0, 0.05) is 13.1 Å². The summed E-state index contributed by atoms with van der Waals surface area (Å²) in [5.74, 6) is -0.807. The second kappa shape index (κ2) is 14.5. The lowest BCUT2D eigenvalue weighted by atomic mass is 10.0. The van der Waals surface area contributed by atoms with Gasteiger partial charge in [0.05, 0.1) is 23.5 Å². The molecule has 2 unspecified atom stereocenters. The largest absolute Gasteiger partial charge is 0.459 e. The van der Waals surface area contributed by atoms with E-state index in [1.807, 2.05) is 72.8 Å². The van der Waals surface area contributed by atoms with E-state index in [1.54, 1.807) is 59.4 Å². The van der Waals surface area contributed by atoms with E-state index < -0.39 is 36.4 Å². The third-order valence-corrected chi connectivity index (χ3v) is 8.49. The molecule has 246 valence electrons. The van der Waals surface area contributed by atoms with Crippen molar-refractivity contribution in [3.05, 3.63) is 156 Å². The van der Waals surface area contributed by atoms with Gasteiger partial charge in [-0.1, -0.05) is 97.1 Å². The zero-order chi connectivity index (χ0) is 33.6. The van der Waals surface area contributed by atoms with E-state index in [1.165, 1.54) is 6.33 Å². The van der Waals surface area contributed by atoms with Gasteiger partial charge in [0.25, 0.3) is 0 Å². The molecule has 0 spiro atoms. The zero-order valence-electron chi connectivity index (χ0n) is 26.5. The highest BCUT2D eigenvalue weighted by Gasteiger charge is 2.51. The number of carbonyl (C=O) groups excluding carboxylic acids is 2. The van der Waals surface area contributed by atoms with Gasteiger partial charge in [-0.25, -0.2) is 24.5 Å². The van der Waals surface area contributed by atoms with Crippen molar-refractivity contribution < 1.29 is 23.8 Å². The molecular weight excluding hydrogens is 620 g/mol. The van der Waals surface area contributed by atoms with Crippen molar-refractivity contribution in [2.24, 2.45) is 0 Å². The van der Waals surface area contributed by atoms with Crippen molar-refractivity contribution in [2.45, 2.75) is 37.6 Å². The number of hydrogen-bond donors (Lipinski definition) is 1. The Kier molecular flexibility index (Phi) is 9.35. The van der Waals surface area contributed by atoms with Gasteiger partial charge in [0.2, 0.25) is 0 Å². The highest BCUT2D eigenvalue weighted by Crippen LogP contribution is 2.39. The zero-order valence-corrected chi connectivity index (χ0v) is 26.5. The number of esters is 2. The number of ether oxygens (including phenoxy) is 3. The van der Waals surface area contributed by atoms with Gasteiger partial charge in [-0.05, 0) is 35.4 Å². The fraction of sp³-hybridized carbons (Fsp3) is 0.184. The topological polar surface area (TPSA) is 135 Å². The van der Waals surface area contributed by atoms with Crippen molar-refractivity contribution in [2.75, 3.05) is 12.3 Å². The molecule has 2 N–H and O–H groups in total. The summed E-state index contributed by atoms with van der Waals surface area (Å²) in [7, 11) is 0. The standard InChI is InChI=1S/C38H34N6O5/c39-34-31-35(41-24-40-34)44(25-42-31)36-33(49-38(46)29-19-11-4-12-20-29)32(30(48-36)23-47-37(45)28-17-9-3-10-18-28)43(21-26-13-5-1-6-14-26)22-27-15-7-2-8-16-27/h1-20,24-25,30,32-33,36H,21-23H2,(H2,39,40,41)/t30-,32?,33?,36-/m1/s1. The predicted molar refractivity (Wildman–Crippen MR) is 182 cm³/mol. The molecule has 11 nitrogen and oxygen atoms in total. The van der Waals surface area contributed by atoms with Crippen molar-refractivity contribution in [3.63, 3.8) is 0 Å². The van der Waals surface area contributed by atoms with E-state index in [2.05, 4.69) is 19.9 Å². The molecule has 0 radical (unpaired) electrons. The van der Waals surface area contributed by atoms with E-state index in [-0.39, 0.29) is 12.4 Å². The van der Waals surface area contributed by atoms with Crippen LogP contribution in [0.3, 0.4) is 0 Å². The van der Waals surface area contributed by atoms with Gasteiger partial charge in [-0.3, -0.25) is 9.47 Å². The van der Waals surface area contributed by atoms with Crippen LogP contribution in [0.1, 0.15) is 38.1 Å². The lowest BCUT2D eigenvalue weighted by molar-refractivity contribution is -0.0598. The predicted octanol–water partition coefficient (Wildman–Crippen LogP) is 5.46. The van der Waals surface area contributed by atoms with Crippen LogP contribution >= 0.6 is 0 Å². The van der Waals surface area contributed by atoms with Crippen LogP contribution in [0.2, 0.25) is 0 Å². The Labute approximate surface area is 282 Å². The quantitative estimate of drug-likeness (QED) is 0.180. The molecule has 0 saturated carbocycles. The van der Waals surface area contributed by atoms with E-state index >= 15 is 0 Å². The summed E-state index contributed by atoms with van der Waals surface area (Å²) in [6.07, 6.45) is 0.345. The second-order valence-corrected chi connectivity index (χ2v) is 11.7. The van der Waals surface area contributed by atoms with Crippen molar-refractivity contribution in [3.8, 4) is 0 Å². The molecule has 0 amide bonds. The van der Waals surface area contributed by atoms with Gasteiger partial charge in [0.15, 0.2) is 23.8 Å². The van der Waals surface area contributed by atoms with E-state index in [9.17, 15) is 9.59 Å². The van der Waals surface area contributed by atoms with Crippen LogP contribution in [0, 0.1) is 0 Å². The van der Waals surface area contributed by atoms with Crippen LogP contribution in [0.5, 0.6) is 0 Å². The van der Waals surface area contributed by atoms with Crippen molar-refractivity contribution >= 4 is 28.9 Å². The summed E-state index contributed by atoms with van der Waals surface area (Å²) in [6, 6.07) is 37.0. The minimum absolute atomic E-state index is 0.113. The number of aromatic nitrogens is 4. The van der Waals surface area contributed by atoms with Gasteiger partial charge in [-0.15, -0.1) is 0 Å². The number of carbonyl (C=O) groups is 2. The molecule has 49 heavy (non-hydrogen) atoms. The third-order valence-electron chi connectivity index (χ3n) is 8.49. The van der Waals surface area contributed by atoms with Gasteiger partial charge in [-0.2, -0.15) is 0 Å². The summed E-state index contributed by atoms with van der Waals surface area (Å²) in [5.41, 5.74) is 9.85. The Morgan fingerprint density at radius 3 is 1.88 bits per heavy atom. The molecule has 0 aliphatic carbocycles. The molecule has 7 rings (SSSR count). The first-order chi connectivity index (χ1) is 24.0. The number of hydrogen-bond acceptors (Lipinski definition) is 10. The minimum Gasteiger partial charge on any atom is -0.459 e. The molecular formula is C38H34N6O5. The number of fused-ring (bicyclic) bond motifs is 1. The maximum Gasteiger partial charge on any atom is 0.338 e. The van der Waals surface area contributed by atoms with Crippen LogP contribution in [0.25, 0.3) is 11.2 Å². The third kappa shape index (κ3) is 7.03. The molecule has 11 heteroatoms. The molecule has 4 aromatic carbocycles. The monoisotopic (exact) mass is 654 g/mol. The minimum atomic E-state index is -0.911. The Morgan fingerprint density at radius 1 is 0.735 bits per heavy atom. The Hall–Kier alpha value is -5.91. The Balaban J connectivity index is 1.33. The lowest BCUT2D eigenvalue weighted by Gasteiger charge is -2.35. The Morgan fingerprint density at radius 2 is 1.29 bits per heavy atom. The summed E-state index contributed by atoms with van der Waals surface area (Å²) in [5, 5.41) is 0. The lowest BCUT2D eigenvalue weighted by Crippen LogP contribution is -2.49. The number of nitrogens with zero attached hydrogens (tertiary/aromatic N) is 5. The number of benzene rings is 4. The van der Waals surface area contributed by atoms with Crippen LogP contribution in [-0.4, -0.2) is 61.2 Å². The summed E-state index contributed by atoms with van der Waals surface area (Å²) < 4.78 is 20.8. The number of nitrogens with two attached hydrogens (primary N) is 1.